The number of aliphatic carboxylic acids is 1. The van der Waals surface area contributed by atoms with Crippen LogP contribution in [0.4, 0.5) is 0 Å². The molecule has 7 heteroatoms. The topological polar surface area (TPSA) is 66.8 Å². The van der Waals surface area contributed by atoms with Crippen molar-refractivity contribution in [2.45, 2.75) is 83.6 Å². The van der Waals surface area contributed by atoms with E-state index in [-0.39, 0.29) is 23.8 Å². The molecule has 0 bridgehead atoms. The summed E-state index contributed by atoms with van der Waals surface area (Å²) in [5.74, 6) is -0.986. The molecule has 1 saturated heterocycles. The molecule has 5 atom stereocenters. The van der Waals surface area contributed by atoms with Gasteiger partial charge in [-0.3, -0.25) is 9.59 Å². The fourth-order valence-corrected chi connectivity index (χ4v) is 6.27. The highest BCUT2D eigenvalue weighted by molar-refractivity contribution is 6.30. The largest absolute Gasteiger partial charge is 0.481 e. The van der Waals surface area contributed by atoms with Crippen molar-refractivity contribution in [1.82, 2.24) is 4.90 Å². The predicted molar refractivity (Wildman–Crippen MR) is 142 cm³/mol. The van der Waals surface area contributed by atoms with Crippen LogP contribution >= 0.6 is 23.2 Å². The van der Waals surface area contributed by atoms with Gasteiger partial charge in [-0.15, -0.1) is 0 Å². The zero-order chi connectivity index (χ0) is 26.0. The van der Waals surface area contributed by atoms with Crippen LogP contribution in [0.15, 0.2) is 48.5 Å². The minimum atomic E-state index is -1.06. The first-order valence-corrected chi connectivity index (χ1v) is 13.5. The molecule has 1 saturated carbocycles. The van der Waals surface area contributed by atoms with E-state index in [1.165, 1.54) is 0 Å². The van der Waals surface area contributed by atoms with Crippen LogP contribution < -0.4 is 0 Å². The van der Waals surface area contributed by atoms with Gasteiger partial charge in [0.1, 0.15) is 12.2 Å². The molecule has 194 valence electrons. The average Bonchev–Trinajstić information content (AvgIpc) is 2.80. The van der Waals surface area contributed by atoms with Crippen LogP contribution in [-0.4, -0.2) is 34.0 Å². The Morgan fingerprint density at radius 2 is 1.72 bits per heavy atom. The third-order valence-electron chi connectivity index (χ3n) is 7.28. The Kier molecular flexibility index (Phi) is 8.33. The predicted octanol–water partition coefficient (Wildman–Crippen LogP) is 7.47. The summed E-state index contributed by atoms with van der Waals surface area (Å²) >= 11 is 12.6. The molecule has 0 radical (unpaired) electrons. The highest BCUT2D eigenvalue weighted by Gasteiger charge is 2.49. The fourth-order valence-electron chi connectivity index (χ4n) is 5.94. The van der Waals surface area contributed by atoms with Crippen molar-refractivity contribution >= 4 is 35.1 Å². The highest BCUT2D eigenvalue weighted by Crippen LogP contribution is 2.48. The summed E-state index contributed by atoms with van der Waals surface area (Å²) < 4.78 is 6.34. The first kappa shape index (κ1) is 27.0. The smallest absolute Gasteiger partial charge is 0.306 e. The Labute approximate surface area is 223 Å². The molecule has 2 aromatic carbocycles. The normalized spacial score (nSPS) is 27.2. The van der Waals surface area contributed by atoms with E-state index in [0.29, 0.717) is 16.0 Å². The Bertz CT molecular complexity index is 1080. The number of nitrogens with zero attached hydrogens (tertiary/aromatic N) is 1. The maximum Gasteiger partial charge on any atom is 0.306 e. The van der Waals surface area contributed by atoms with Gasteiger partial charge in [0, 0.05) is 16.1 Å². The minimum Gasteiger partial charge on any atom is -0.481 e. The van der Waals surface area contributed by atoms with E-state index in [1.807, 2.05) is 47.4 Å². The van der Waals surface area contributed by atoms with Crippen molar-refractivity contribution < 1.29 is 19.4 Å². The number of hydrogen-bond acceptors (Lipinski definition) is 3. The van der Waals surface area contributed by atoms with Crippen molar-refractivity contribution in [3.63, 3.8) is 0 Å². The standard InChI is InChI=1S/C29H35Cl2NO4/c1-29(2,3)17-20-7-4-5-10-23(20)32-26(18-11-13-21(30)14-12-18)27(19-8-6-9-22(31)15-19)36-24(28(32)35)16-25(33)34/h6,8-9,11-15,20,23-24,26-27H,4-5,7,10,16-17H2,1-3H3,(H,33,34)/t20-,23+,24-,26-,27-/m1/s1. The van der Waals surface area contributed by atoms with E-state index in [4.69, 9.17) is 27.9 Å². The lowest BCUT2D eigenvalue weighted by Crippen LogP contribution is -2.57. The molecule has 2 aliphatic rings. The van der Waals surface area contributed by atoms with Crippen molar-refractivity contribution in [3.05, 3.63) is 69.7 Å². The quantitative estimate of drug-likeness (QED) is 0.419. The van der Waals surface area contributed by atoms with Gasteiger partial charge in [-0.2, -0.15) is 0 Å². The first-order chi connectivity index (χ1) is 17.0. The molecule has 1 amide bonds. The molecule has 0 unspecified atom stereocenters. The maximum atomic E-state index is 14.1. The SMILES string of the molecule is CC(C)(C)C[C@H]1CCCC[C@@H]1N1C(=O)[C@@H](CC(=O)O)O[C@H](c2cccc(Cl)c2)[C@H]1c1ccc(Cl)cc1. The van der Waals surface area contributed by atoms with Gasteiger partial charge < -0.3 is 14.7 Å². The number of halogens is 2. The Morgan fingerprint density at radius 3 is 2.36 bits per heavy atom. The number of benzene rings is 2. The van der Waals surface area contributed by atoms with Gasteiger partial charge in [-0.05, 0) is 66.0 Å². The van der Waals surface area contributed by atoms with E-state index in [1.54, 1.807) is 6.07 Å². The lowest BCUT2D eigenvalue weighted by Gasteiger charge is -2.51. The van der Waals surface area contributed by atoms with Gasteiger partial charge in [0.05, 0.1) is 12.5 Å². The summed E-state index contributed by atoms with van der Waals surface area (Å²) in [6.45, 7) is 6.70. The number of carbonyl (C=O) groups excluding carboxylic acids is 1. The number of ether oxygens (including phenoxy) is 1. The van der Waals surface area contributed by atoms with Gasteiger partial charge in [-0.1, -0.05) is 81.1 Å². The van der Waals surface area contributed by atoms with Gasteiger partial charge in [-0.25, -0.2) is 0 Å². The average molecular weight is 533 g/mol. The lowest BCUT2D eigenvalue weighted by atomic mass is 9.73. The number of morpholine rings is 1. The number of carboxylic acid groups (broad SMARTS) is 1. The molecular formula is C29H35Cl2NO4. The summed E-state index contributed by atoms with van der Waals surface area (Å²) in [6, 6.07) is 14.5. The number of hydrogen-bond donors (Lipinski definition) is 1. The second kappa shape index (κ2) is 11.1. The van der Waals surface area contributed by atoms with Crippen LogP contribution in [0, 0.1) is 11.3 Å². The van der Waals surface area contributed by atoms with Crippen molar-refractivity contribution in [1.29, 1.82) is 0 Å². The van der Waals surface area contributed by atoms with E-state index in [2.05, 4.69) is 20.8 Å². The second-order valence-electron chi connectivity index (χ2n) is 11.3. The number of carboxylic acids is 1. The summed E-state index contributed by atoms with van der Waals surface area (Å²) in [5.41, 5.74) is 1.84. The molecule has 5 nitrogen and oxygen atoms in total. The van der Waals surface area contributed by atoms with E-state index < -0.39 is 24.2 Å². The van der Waals surface area contributed by atoms with Crippen molar-refractivity contribution in [2.24, 2.45) is 11.3 Å². The summed E-state index contributed by atoms with van der Waals surface area (Å²) in [6.07, 6.45) is 3.09. The zero-order valence-electron chi connectivity index (χ0n) is 21.1. The fraction of sp³-hybridized carbons (Fsp3) is 0.517. The zero-order valence-corrected chi connectivity index (χ0v) is 22.6. The molecule has 1 heterocycles. The van der Waals surface area contributed by atoms with Gasteiger partial charge >= 0.3 is 5.97 Å². The van der Waals surface area contributed by atoms with E-state index in [0.717, 1.165) is 43.2 Å². The molecular weight excluding hydrogens is 497 g/mol. The summed E-state index contributed by atoms with van der Waals surface area (Å²) in [7, 11) is 0. The minimum absolute atomic E-state index is 0.00645. The Morgan fingerprint density at radius 1 is 1.03 bits per heavy atom. The molecule has 4 rings (SSSR count). The third-order valence-corrected chi connectivity index (χ3v) is 7.76. The second-order valence-corrected chi connectivity index (χ2v) is 12.2. The molecule has 36 heavy (non-hydrogen) atoms. The molecule has 1 N–H and O–H groups in total. The maximum absolute atomic E-state index is 14.1. The molecule has 1 aliphatic heterocycles. The lowest BCUT2D eigenvalue weighted by molar-refractivity contribution is -0.187. The summed E-state index contributed by atoms with van der Waals surface area (Å²) in [4.78, 5) is 27.8. The number of carbonyl (C=O) groups is 2. The van der Waals surface area contributed by atoms with Crippen molar-refractivity contribution in [3.8, 4) is 0 Å². The monoisotopic (exact) mass is 531 g/mol. The molecule has 1 aliphatic carbocycles. The van der Waals surface area contributed by atoms with Crippen molar-refractivity contribution in [2.75, 3.05) is 0 Å². The van der Waals surface area contributed by atoms with Crippen LogP contribution in [0.5, 0.6) is 0 Å². The van der Waals surface area contributed by atoms with Gasteiger partial charge in [0.2, 0.25) is 0 Å². The van der Waals surface area contributed by atoms with Crippen LogP contribution in [0.1, 0.15) is 82.6 Å². The van der Waals surface area contributed by atoms with Gasteiger partial charge in [0.25, 0.3) is 5.91 Å². The van der Waals surface area contributed by atoms with Gasteiger partial charge in [0.15, 0.2) is 0 Å². The third kappa shape index (κ3) is 6.24. The molecule has 0 aromatic heterocycles. The van der Waals surface area contributed by atoms with Crippen LogP contribution in [-0.2, 0) is 14.3 Å². The van der Waals surface area contributed by atoms with E-state index in [9.17, 15) is 14.7 Å². The highest BCUT2D eigenvalue weighted by atomic mass is 35.5. The Hall–Kier alpha value is -2.08. The van der Waals surface area contributed by atoms with Crippen LogP contribution in [0.2, 0.25) is 10.0 Å². The van der Waals surface area contributed by atoms with E-state index >= 15 is 0 Å². The summed E-state index contributed by atoms with van der Waals surface area (Å²) in [5, 5.41) is 10.8. The Balaban J connectivity index is 1.86. The molecule has 2 aromatic rings. The number of amides is 1. The van der Waals surface area contributed by atoms with Crippen LogP contribution in [0.25, 0.3) is 0 Å². The molecule has 2 fully saturated rings. The van der Waals surface area contributed by atoms with Crippen LogP contribution in [0.3, 0.4) is 0 Å². The first-order valence-electron chi connectivity index (χ1n) is 12.7. The number of rotatable bonds is 6. The molecule has 0 spiro atoms.